The first-order valence-electron chi connectivity index (χ1n) is 8.12. The average Bonchev–Trinajstić information content (AvgIpc) is 2.66. The summed E-state index contributed by atoms with van der Waals surface area (Å²) in [5.41, 5.74) is 2.51. The molecule has 2 aromatic carbocycles. The number of aryl methyl sites for hydroxylation is 1. The summed E-state index contributed by atoms with van der Waals surface area (Å²) < 4.78 is 10.5. The van der Waals surface area contributed by atoms with Gasteiger partial charge >= 0.3 is 12.0 Å². The van der Waals surface area contributed by atoms with Crippen LogP contribution in [0.5, 0.6) is 5.75 Å². The van der Waals surface area contributed by atoms with Gasteiger partial charge in [-0.2, -0.15) is 0 Å². The van der Waals surface area contributed by atoms with Gasteiger partial charge in [0, 0.05) is 6.54 Å². The van der Waals surface area contributed by atoms with E-state index in [-0.39, 0.29) is 6.03 Å². The SMILES string of the molecule is COC(=O)C1CCc2cccc(NC(=O)NCc3ccccc3)c2O1. The van der Waals surface area contributed by atoms with Crippen LogP contribution in [0.15, 0.2) is 48.5 Å². The lowest BCUT2D eigenvalue weighted by Gasteiger charge is -2.26. The zero-order valence-corrected chi connectivity index (χ0v) is 14.0. The van der Waals surface area contributed by atoms with Gasteiger partial charge < -0.3 is 20.1 Å². The number of methoxy groups -OCH3 is 1. The van der Waals surface area contributed by atoms with Crippen LogP contribution in [0.25, 0.3) is 0 Å². The monoisotopic (exact) mass is 340 g/mol. The Morgan fingerprint density at radius 2 is 1.96 bits per heavy atom. The zero-order chi connectivity index (χ0) is 17.6. The van der Waals surface area contributed by atoms with Crippen molar-refractivity contribution in [3.8, 4) is 5.75 Å². The second kappa shape index (κ2) is 7.70. The van der Waals surface area contributed by atoms with Crippen LogP contribution in [0.3, 0.4) is 0 Å². The summed E-state index contributed by atoms with van der Waals surface area (Å²) in [6, 6.07) is 14.8. The van der Waals surface area contributed by atoms with Gasteiger partial charge in [0.15, 0.2) is 6.10 Å². The fourth-order valence-electron chi connectivity index (χ4n) is 2.75. The minimum Gasteiger partial charge on any atom is -0.476 e. The minimum atomic E-state index is -0.646. The number of fused-ring (bicyclic) bond motifs is 1. The molecule has 0 radical (unpaired) electrons. The fourth-order valence-corrected chi connectivity index (χ4v) is 2.75. The molecule has 0 aromatic heterocycles. The van der Waals surface area contributed by atoms with Crippen molar-refractivity contribution < 1.29 is 19.1 Å². The summed E-state index contributed by atoms with van der Waals surface area (Å²) >= 11 is 0. The number of esters is 1. The van der Waals surface area contributed by atoms with Crippen LogP contribution >= 0.6 is 0 Å². The number of anilines is 1. The van der Waals surface area contributed by atoms with Crippen molar-refractivity contribution in [2.24, 2.45) is 0 Å². The van der Waals surface area contributed by atoms with Crippen LogP contribution in [0.2, 0.25) is 0 Å². The normalized spacial score (nSPS) is 15.5. The molecule has 0 bridgehead atoms. The first kappa shape index (κ1) is 16.8. The molecule has 0 saturated heterocycles. The number of nitrogens with one attached hydrogen (secondary N) is 2. The van der Waals surface area contributed by atoms with Crippen LogP contribution in [-0.4, -0.2) is 25.2 Å². The maximum Gasteiger partial charge on any atom is 0.347 e. The lowest BCUT2D eigenvalue weighted by atomic mass is 10.0. The molecule has 0 aliphatic carbocycles. The summed E-state index contributed by atoms with van der Waals surface area (Å²) in [7, 11) is 1.34. The topological polar surface area (TPSA) is 76.7 Å². The molecule has 0 fully saturated rings. The third-order valence-corrected chi connectivity index (χ3v) is 4.04. The molecule has 1 atom stereocenters. The van der Waals surface area contributed by atoms with E-state index in [1.165, 1.54) is 7.11 Å². The molecule has 6 heteroatoms. The Hall–Kier alpha value is -3.02. The number of hydrogen-bond acceptors (Lipinski definition) is 4. The van der Waals surface area contributed by atoms with E-state index in [9.17, 15) is 9.59 Å². The van der Waals surface area contributed by atoms with E-state index < -0.39 is 12.1 Å². The van der Waals surface area contributed by atoms with E-state index in [1.807, 2.05) is 42.5 Å². The number of benzene rings is 2. The van der Waals surface area contributed by atoms with E-state index in [1.54, 1.807) is 6.07 Å². The van der Waals surface area contributed by atoms with E-state index in [2.05, 4.69) is 10.6 Å². The number of para-hydroxylation sites is 1. The highest BCUT2D eigenvalue weighted by atomic mass is 16.6. The molecule has 0 spiro atoms. The Morgan fingerprint density at radius 3 is 2.72 bits per heavy atom. The molecule has 25 heavy (non-hydrogen) atoms. The third kappa shape index (κ3) is 4.09. The van der Waals surface area contributed by atoms with Gasteiger partial charge in [0.1, 0.15) is 5.75 Å². The fraction of sp³-hybridized carbons (Fsp3) is 0.263. The van der Waals surface area contributed by atoms with Crippen LogP contribution in [0.1, 0.15) is 17.5 Å². The summed E-state index contributed by atoms with van der Waals surface area (Å²) in [4.78, 5) is 23.9. The average molecular weight is 340 g/mol. The molecule has 1 aliphatic heterocycles. The highest BCUT2D eigenvalue weighted by Crippen LogP contribution is 2.35. The van der Waals surface area contributed by atoms with Crippen LogP contribution < -0.4 is 15.4 Å². The molecule has 1 unspecified atom stereocenters. The van der Waals surface area contributed by atoms with Crippen LogP contribution in [0, 0.1) is 0 Å². The Balaban J connectivity index is 1.67. The molecule has 2 N–H and O–H groups in total. The van der Waals surface area contributed by atoms with Crippen LogP contribution in [0.4, 0.5) is 10.5 Å². The molecular weight excluding hydrogens is 320 g/mol. The number of rotatable bonds is 4. The second-order valence-corrected chi connectivity index (χ2v) is 5.76. The Kier molecular flexibility index (Phi) is 5.18. The van der Waals surface area contributed by atoms with Gasteiger partial charge in [-0.3, -0.25) is 0 Å². The van der Waals surface area contributed by atoms with E-state index >= 15 is 0 Å². The summed E-state index contributed by atoms with van der Waals surface area (Å²) in [5.74, 6) is 0.119. The number of amides is 2. The summed E-state index contributed by atoms with van der Waals surface area (Å²) in [5, 5.41) is 5.59. The molecule has 2 aromatic rings. The Bertz CT molecular complexity index is 761. The van der Waals surface area contributed by atoms with Crippen molar-refractivity contribution in [1.29, 1.82) is 0 Å². The predicted octanol–water partition coefficient (Wildman–Crippen LogP) is 2.87. The lowest BCUT2D eigenvalue weighted by molar-refractivity contribution is -0.149. The molecule has 130 valence electrons. The number of carbonyl (C=O) groups is 2. The number of ether oxygens (including phenoxy) is 2. The van der Waals surface area contributed by atoms with E-state index in [0.717, 1.165) is 11.1 Å². The highest BCUT2D eigenvalue weighted by Gasteiger charge is 2.28. The summed E-state index contributed by atoms with van der Waals surface area (Å²) in [6.45, 7) is 0.424. The highest BCUT2D eigenvalue weighted by molar-refractivity contribution is 5.91. The van der Waals surface area contributed by atoms with Crippen molar-refractivity contribution in [3.63, 3.8) is 0 Å². The van der Waals surface area contributed by atoms with E-state index in [0.29, 0.717) is 30.8 Å². The molecule has 1 heterocycles. The largest absolute Gasteiger partial charge is 0.476 e. The maximum atomic E-state index is 12.2. The van der Waals surface area contributed by atoms with Crippen LogP contribution in [-0.2, 0) is 22.5 Å². The zero-order valence-electron chi connectivity index (χ0n) is 14.0. The smallest absolute Gasteiger partial charge is 0.347 e. The molecule has 3 rings (SSSR count). The first-order chi connectivity index (χ1) is 12.2. The van der Waals surface area contributed by atoms with Crippen molar-refractivity contribution in [1.82, 2.24) is 5.32 Å². The number of urea groups is 1. The minimum absolute atomic E-state index is 0.332. The van der Waals surface area contributed by atoms with Crippen molar-refractivity contribution in [3.05, 3.63) is 59.7 Å². The number of hydrogen-bond donors (Lipinski definition) is 2. The molecule has 6 nitrogen and oxygen atoms in total. The molecule has 1 aliphatic rings. The molecule has 0 saturated carbocycles. The standard InChI is InChI=1S/C19H20N2O4/c1-24-18(22)16-11-10-14-8-5-9-15(17(14)25-16)21-19(23)20-12-13-6-3-2-4-7-13/h2-9,16H,10-12H2,1H3,(H2,20,21,23). The van der Waals surface area contributed by atoms with Gasteiger partial charge in [0.25, 0.3) is 0 Å². The molecular formula is C19H20N2O4. The Morgan fingerprint density at radius 1 is 1.16 bits per heavy atom. The van der Waals surface area contributed by atoms with Gasteiger partial charge in [-0.05, 0) is 30.0 Å². The van der Waals surface area contributed by atoms with Gasteiger partial charge in [0.2, 0.25) is 0 Å². The Labute approximate surface area is 146 Å². The number of carbonyl (C=O) groups excluding carboxylic acids is 2. The van der Waals surface area contributed by atoms with Crippen molar-refractivity contribution in [2.75, 3.05) is 12.4 Å². The van der Waals surface area contributed by atoms with Crippen molar-refractivity contribution in [2.45, 2.75) is 25.5 Å². The quantitative estimate of drug-likeness (QED) is 0.839. The van der Waals surface area contributed by atoms with E-state index in [4.69, 9.17) is 9.47 Å². The maximum absolute atomic E-state index is 12.2. The van der Waals surface area contributed by atoms with Gasteiger partial charge in [0.05, 0.1) is 12.8 Å². The van der Waals surface area contributed by atoms with Gasteiger partial charge in [-0.25, -0.2) is 9.59 Å². The lowest BCUT2D eigenvalue weighted by Crippen LogP contribution is -2.33. The molecule has 2 amide bonds. The first-order valence-corrected chi connectivity index (χ1v) is 8.12. The predicted molar refractivity (Wildman–Crippen MR) is 93.5 cm³/mol. The van der Waals surface area contributed by atoms with Crippen molar-refractivity contribution >= 4 is 17.7 Å². The second-order valence-electron chi connectivity index (χ2n) is 5.76. The third-order valence-electron chi connectivity index (χ3n) is 4.04. The van der Waals surface area contributed by atoms with Gasteiger partial charge in [-0.1, -0.05) is 42.5 Å². The van der Waals surface area contributed by atoms with Gasteiger partial charge in [-0.15, -0.1) is 0 Å². The summed E-state index contributed by atoms with van der Waals surface area (Å²) in [6.07, 6.45) is 0.604.